The molecule has 0 rings (SSSR count). The summed E-state index contributed by atoms with van der Waals surface area (Å²) in [5.74, 6) is -0.0312. The van der Waals surface area contributed by atoms with E-state index in [-0.39, 0.29) is 12.6 Å². The zero-order chi connectivity index (χ0) is 31.9. The maximum absolute atomic E-state index is 11.8. The Labute approximate surface area is 268 Å². The Morgan fingerprint density at radius 3 is 1.37 bits per heavy atom. The summed E-state index contributed by atoms with van der Waals surface area (Å²) < 4.78 is 9.97. The van der Waals surface area contributed by atoms with Gasteiger partial charge in [-0.2, -0.15) is 0 Å². The fourth-order valence-corrected chi connectivity index (χ4v) is 5.24. The molecule has 258 valence electrons. The van der Waals surface area contributed by atoms with Gasteiger partial charge < -0.3 is 19.5 Å². The molecule has 0 unspecified atom stereocenters. The van der Waals surface area contributed by atoms with Crippen molar-refractivity contribution in [2.24, 2.45) is 0 Å². The molecule has 43 heavy (non-hydrogen) atoms. The van der Waals surface area contributed by atoms with Crippen molar-refractivity contribution in [3.8, 4) is 0 Å². The lowest BCUT2D eigenvalue weighted by atomic mass is 10.1. The number of unbranched alkanes of at least 4 members (excludes halogenated alkanes) is 21. The predicted octanol–water partition coefficient (Wildman–Crippen LogP) is 10.2. The van der Waals surface area contributed by atoms with Gasteiger partial charge in [0, 0.05) is 13.0 Å². The third kappa shape index (κ3) is 40.9. The second-order valence-corrected chi connectivity index (χ2v) is 12.3. The molecule has 0 heterocycles. The second kappa shape index (κ2) is 40.9. The minimum absolute atomic E-state index is 0.0312. The van der Waals surface area contributed by atoms with E-state index >= 15 is 0 Å². The third-order valence-corrected chi connectivity index (χ3v) is 8.04. The zero-order valence-electron chi connectivity index (χ0n) is 29.2. The summed E-state index contributed by atoms with van der Waals surface area (Å²) in [6, 6.07) is 0. The van der Waals surface area contributed by atoms with E-state index in [9.17, 15) is 14.7 Å². The monoisotopic (exact) mass is 614 g/mol. The van der Waals surface area contributed by atoms with E-state index in [2.05, 4.69) is 30.4 Å². The number of carbonyl (C=O) groups excluding carboxylic acids is 2. The number of hydrogen-bond donors (Lipinski definition) is 1. The van der Waals surface area contributed by atoms with Gasteiger partial charge in [-0.3, -0.25) is 9.59 Å². The molecule has 1 N–H and O–H groups in total. The molecule has 0 spiro atoms. The van der Waals surface area contributed by atoms with Crippen molar-refractivity contribution in [2.45, 2.75) is 188 Å². The average Bonchev–Trinajstić information content (AvgIpc) is 3.01. The third-order valence-electron chi connectivity index (χ3n) is 8.04. The minimum atomic E-state index is -0.0312. The molecule has 0 aromatic rings. The summed E-state index contributed by atoms with van der Waals surface area (Å²) in [5.41, 5.74) is 0. The van der Waals surface area contributed by atoms with E-state index in [0.717, 1.165) is 51.7 Å². The lowest BCUT2D eigenvalue weighted by Gasteiger charge is -2.21. The molecule has 6 heteroatoms. The molecule has 0 saturated heterocycles. The highest BCUT2D eigenvalue weighted by Gasteiger charge is 2.06. The first-order valence-electron chi connectivity index (χ1n) is 18.7. The molecule has 0 aromatic heterocycles. The first-order valence-corrected chi connectivity index (χ1v) is 18.7. The number of esters is 1. The van der Waals surface area contributed by atoms with Gasteiger partial charge in [0.2, 0.25) is 0 Å². The van der Waals surface area contributed by atoms with Crippen molar-refractivity contribution >= 4 is 12.4 Å². The molecule has 0 aromatic carbocycles. The van der Waals surface area contributed by atoms with Crippen LogP contribution < -0.4 is 0 Å². The van der Waals surface area contributed by atoms with Crippen LogP contribution in [0.15, 0.2) is 0 Å². The van der Waals surface area contributed by atoms with Gasteiger partial charge in [0.1, 0.15) is 0 Å². The van der Waals surface area contributed by atoms with Crippen LogP contribution in [0.5, 0.6) is 0 Å². The second-order valence-electron chi connectivity index (χ2n) is 12.3. The first kappa shape index (κ1) is 44.0. The number of hydrogen-bond acceptors (Lipinski definition) is 6. The topological polar surface area (TPSA) is 76.1 Å². The fourth-order valence-electron chi connectivity index (χ4n) is 5.24. The number of nitrogens with zero attached hydrogens (tertiary/aromatic N) is 1. The lowest BCUT2D eigenvalue weighted by molar-refractivity contribution is -0.144. The Hall–Kier alpha value is -1.14. The average molecular weight is 614 g/mol. The van der Waals surface area contributed by atoms with Crippen LogP contribution in [0, 0.1) is 0 Å². The van der Waals surface area contributed by atoms with Gasteiger partial charge in [-0.1, -0.05) is 149 Å². The van der Waals surface area contributed by atoms with Crippen LogP contribution in [-0.4, -0.2) is 61.9 Å². The molecule has 0 saturated carbocycles. The molecule has 0 amide bonds. The van der Waals surface area contributed by atoms with Gasteiger partial charge in [-0.15, -0.1) is 0 Å². The smallest absolute Gasteiger partial charge is 0.305 e. The normalized spacial score (nSPS) is 10.9. The van der Waals surface area contributed by atoms with E-state index in [0.29, 0.717) is 26.1 Å². The van der Waals surface area contributed by atoms with E-state index in [1.165, 1.54) is 128 Å². The van der Waals surface area contributed by atoms with Crippen LogP contribution in [-0.2, 0) is 19.1 Å². The van der Waals surface area contributed by atoms with Crippen LogP contribution >= 0.6 is 0 Å². The van der Waals surface area contributed by atoms with Crippen LogP contribution in [0.4, 0.5) is 0 Å². The van der Waals surface area contributed by atoms with Crippen molar-refractivity contribution < 1.29 is 24.2 Å². The quantitative estimate of drug-likeness (QED) is 0.0442. The number of rotatable bonds is 34. The Bertz CT molecular complexity index is 531. The molecular weight excluding hydrogens is 538 g/mol. The molecule has 0 aliphatic heterocycles. The summed E-state index contributed by atoms with van der Waals surface area (Å²) in [7, 11) is 0. The van der Waals surface area contributed by atoms with Gasteiger partial charge >= 0.3 is 5.97 Å². The molecule has 0 aliphatic rings. The highest BCUT2D eigenvalue weighted by molar-refractivity contribution is 5.69. The van der Waals surface area contributed by atoms with E-state index in [4.69, 9.17) is 4.74 Å². The van der Waals surface area contributed by atoms with Gasteiger partial charge in [0.15, 0.2) is 0 Å². The molecular formula is C37H75NO5. The van der Waals surface area contributed by atoms with Gasteiger partial charge in [0.05, 0.1) is 19.8 Å². The standard InChI is InChI=1S/C25H51NO3.C12H24O2/c1-3-5-7-9-10-11-12-13-18-24-29-25(28)19-15-14-17-21-26(22-23-27)20-16-8-6-4-2;1-2-3-4-5-6-7-8-9-10-11-14-12-13/h27H,3-24H2,1-2H3;12H,2-11H2,1H3. The van der Waals surface area contributed by atoms with Crippen LogP contribution in [0.3, 0.4) is 0 Å². The molecule has 0 radical (unpaired) electrons. The zero-order valence-corrected chi connectivity index (χ0v) is 29.2. The summed E-state index contributed by atoms with van der Waals surface area (Å²) in [6.45, 7) is 11.6. The molecule has 0 atom stereocenters. The number of aliphatic hydroxyl groups is 1. The number of aliphatic hydroxyl groups excluding tert-OH is 1. The highest BCUT2D eigenvalue weighted by atomic mass is 16.5. The molecule has 0 aliphatic carbocycles. The summed E-state index contributed by atoms with van der Waals surface area (Å²) in [5, 5.41) is 9.21. The molecule has 0 bridgehead atoms. The van der Waals surface area contributed by atoms with Crippen molar-refractivity contribution in [1.82, 2.24) is 4.90 Å². The van der Waals surface area contributed by atoms with Gasteiger partial charge in [0.25, 0.3) is 6.47 Å². The number of ether oxygens (including phenoxy) is 2. The van der Waals surface area contributed by atoms with Crippen molar-refractivity contribution in [3.05, 3.63) is 0 Å². The van der Waals surface area contributed by atoms with Crippen molar-refractivity contribution in [3.63, 3.8) is 0 Å². The maximum atomic E-state index is 11.8. The molecule has 0 fully saturated rings. The van der Waals surface area contributed by atoms with Gasteiger partial charge in [-0.25, -0.2) is 0 Å². The predicted molar refractivity (Wildman–Crippen MR) is 184 cm³/mol. The Morgan fingerprint density at radius 1 is 0.535 bits per heavy atom. The summed E-state index contributed by atoms with van der Waals surface area (Å²) >= 11 is 0. The molecule has 6 nitrogen and oxygen atoms in total. The van der Waals surface area contributed by atoms with Crippen molar-refractivity contribution in [2.75, 3.05) is 39.5 Å². The minimum Gasteiger partial charge on any atom is -0.468 e. The highest BCUT2D eigenvalue weighted by Crippen LogP contribution is 2.11. The lowest BCUT2D eigenvalue weighted by Crippen LogP contribution is -2.29. The maximum Gasteiger partial charge on any atom is 0.305 e. The van der Waals surface area contributed by atoms with E-state index in [1.54, 1.807) is 0 Å². The Balaban J connectivity index is 0. The Kier molecular flexibility index (Phi) is 41.8. The largest absolute Gasteiger partial charge is 0.468 e. The number of carbonyl (C=O) groups is 2. The first-order chi connectivity index (χ1) is 21.2. The van der Waals surface area contributed by atoms with Gasteiger partial charge in [-0.05, 0) is 45.2 Å². The SMILES string of the molecule is CCCCCCCCCCCOC(=O)CCCCCN(CCO)CCCCCC.CCCCCCCCCCCOC=O. The van der Waals surface area contributed by atoms with Crippen LogP contribution in [0.1, 0.15) is 188 Å². The van der Waals surface area contributed by atoms with E-state index in [1.807, 2.05) is 0 Å². The van der Waals surface area contributed by atoms with Crippen LogP contribution in [0.2, 0.25) is 0 Å². The fraction of sp³-hybridized carbons (Fsp3) is 0.946. The van der Waals surface area contributed by atoms with Crippen LogP contribution in [0.25, 0.3) is 0 Å². The van der Waals surface area contributed by atoms with E-state index < -0.39 is 0 Å². The summed E-state index contributed by atoms with van der Waals surface area (Å²) in [6.07, 6.45) is 32.0. The van der Waals surface area contributed by atoms with Crippen molar-refractivity contribution in [1.29, 1.82) is 0 Å². The Morgan fingerprint density at radius 2 is 0.930 bits per heavy atom. The summed E-state index contributed by atoms with van der Waals surface area (Å²) in [4.78, 5) is 24.0.